The fourth-order valence-electron chi connectivity index (χ4n) is 3.18. The van der Waals surface area contributed by atoms with Crippen LogP contribution in [0.2, 0.25) is 0 Å². The lowest BCUT2D eigenvalue weighted by Crippen LogP contribution is -2.19. The number of para-hydroxylation sites is 1. The summed E-state index contributed by atoms with van der Waals surface area (Å²) in [7, 11) is 0. The van der Waals surface area contributed by atoms with Gasteiger partial charge in [-0.25, -0.2) is 9.78 Å². The van der Waals surface area contributed by atoms with Crippen molar-refractivity contribution in [1.29, 1.82) is 0 Å². The molecule has 1 heterocycles. The molecule has 0 radical (unpaired) electrons. The van der Waals surface area contributed by atoms with E-state index in [1.54, 1.807) is 79.7 Å². The molecule has 1 aromatic heterocycles. The van der Waals surface area contributed by atoms with Crippen LogP contribution in [0.5, 0.6) is 0 Å². The third kappa shape index (κ3) is 3.75. The monoisotopic (exact) mass is 398 g/mol. The Bertz CT molecular complexity index is 1300. The number of carbonyl (C=O) groups excluding carboxylic acids is 2. The zero-order chi connectivity index (χ0) is 21.1. The largest absolute Gasteiger partial charge is 0.451 e. The average Bonchev–Trinajstić information content (AvgIpc) is 2.79. The van der Waals surface area contributed by atoms with Crippen molar-refractivity contribution in [3.05, 3.63) is 112 Å². The molecule has 6 nitrogen and oxygen atoms in total. The molecule has 0 fully saturated rings. The number of aromatic nitrogens is 2. The zero-order valence-electron chi connectivity index (χ0n) is 16.2. The summed E-state index contributed by atoms with van der Waals surface area (Å²) >= 11 is 0. The van der Waals surface area contributed by atoms with Crippen LogP contribution in [0.25, 0.3) is 10.9 Å². The lowest BCUT2D eigenvalue weighted by atomic mass is 9.98. The number of fused-ring (bicyclic) bond motifs is 1. The maximum absolute atomic E-state index is 12.9. The molecule has 0 aliphatic heterocycles. The Morgan fingerprint density at radius 3 is 2.27 bits per heavy atom. The zero-order valence-corrected chi connectivity index (χ0v) is 16.2. The molecule has 0 aliphatic carbocycles. The van der Waals surface area contributed by atoms with Gasteiger partial charge in [-0.15, -0.1) is 0 Å². The van der Waals surface area contributed by atoms with Gasteiger partial charge in [-0.05, 0) is 25.1 Å². The molecule has 0 unspecified atom stereocenters. The minimum atomic E-state index is -0.810. The van der Waals surface area contributed by atoms with E-state index in [2.05, 4.69) is 9.97 Å². The smallest absolute Gasteiger partial charge is 0.339 e. The predicted molar refractivity (Wildman–Crippen MR) is 113 cm³/mol. The molecule has 4 rings (SSSR count). The average molecular weight is 398 g/mol. The van der Waals surface area contributed by atoms with Gasteiger partial charge in [0, 0.05) is 11.1 Å². The van der Waals surface area contributed by atoms with Gasteiger partial charge in [-0.3, -0.25) is 9.59 Å². The molecule has 1 atom stereocenters. The molecule has 4 aromatic rings. The molecule has 0 amide bonds. The van der Waals surface area contributed by atoms with E-state index in [4.69, 9.17) is 4.74 Å². The number of rotatable bonds is 5. The van der Waals surface area contributed by atoms with E-state index in [0.29, 0.717) is 16.5 Å². The number of hydrogen-bond donors (Lipinski definition) is 1. The fraction of sp³-hybridized carbons (Fsp3) is 0.0833. The number of esters is 1. The highest BCUT2D eigenvalue weighted by Crippen LogP contribution is 2.20. The summed E-state index contributed by atoms with van der Waals surface area (Å²) in [6.45, 7) is 1.62. The number of carbonyl (C=O) groups is 2. The lowest BCUT2D eigenvalue weighted by Gasteiger charge is -2.14. The van der Waals surface area contributed by atoms with Gasteiger partial charge in [-0.1, -0.05) is 60.7 Å². The SMILES string of the molecule is C[C@@H](OC(=O)c1ccccc1C(=O)c1ccccc1)c1nc2ccccc2c(=O)[nH]1. The number of ketones is 1. The van der Waals surface area contributed by atoms with E-state index in [-0.39, 0.29) is 28.3 Å². The summed E-state index contributed by atoms with van der Waals surface area (Å²) in [5, 5.41) is 0.457. The van der Waals surface area contributed by atoms with Gasteiger partial charge in [-0.2, -0.15) is 0 Å². The van der Waals surface area contributed by atoms with Crippen molar-refractivity contribution in [3.8, 4) is 0 Å². The molecule has 1 N–H and O–H groups in total. The topological polar surface area (TPSA) is 89.1 Å². The van der Waals surface area contributed by atoms with Crippen molar-refractivity contribution in [3.63, 3.8) is 0 Å². The molecule has 0 bridgehead atoms. The Hall–Kier alpha value is -4.06. The number of ether oxygens (including phenoxy) is 1. The fourth-order valence-corrected chi connectivity index (χ4v) is 3.18. The molecule has 3 aromatic carbocycles. The van der Waals surface area contributed by atoms with Crippen molar-refractivity contribution in [2.45, 2.75) is 13.0 Å². The van der Waals surface area contributed by atoms with Gasteiger partial charge in [0.05, 0.1) is 16.5 Å². The predicted octanol–water partition coefficient (Wildman–Crippen LogP) is 4.07. The molecule has 6 heteroatoms. The van der Waals surface area contributed by atoms with E-state index >= 15 is 0 Å². The first kappa shape index (κ1) is 19.3. The Labute approximate surface area is 172 Å². The van der Waals surface area contributed by atoms with Gasteiger partial charge in [0.25, 0.3) is 5.56 Å². The number of H-pyrrole nitrogens is 1. The minimum Gasteiger partial charge on any atom is -0.451 e. The minimum absolute atomic E-state index is 0.154. The molecule has 0 saturated carbocycles. The second-order valence-electron chi connectivity index (χ2n) is 6.76. The van der Waals surface area contributed by atoms with Crippen LogP contribution in [-0.2, 0) is 4.74 Å². The second-order valence-corrected chi connectivity index (χ2v) is 6.76. The summed E-state index contributed by atoms with van der Waals surface area (Å²) in [5.74, 6) is -0.704. The normalized spacial score (nSPS) is 11.8. The van der Waals surface area contributed by atoms with Gasteiger partial charge in [0.1, 0.15) is 0 Å². The van der Waals surface area contributed by atoms with Crippen molar-refractivity contribution in [1.82, 2.24) is 9.97 Å². The number of aromatic amines is 1. The molecule has 0 spiro atoms. The van der Waals surface area contributed by atoms with E-state index in [1.807, 2.05) is 6.07 Å². The molecular weight excluding hydrogens is 380 g/mol. The maximum Gasteiger partial charge on any atom is 0.339 e. The lowest BCUT2D eigenvalue weighted by molar-refractivity contribution is 0.0318. The highest BCUT2D eigenvalue weighted by molar-refractivity contribution is 6.14. The summed E-state index contributed by atoms with van der Waals surface area (Å²) < 4.78 is 5.53. The van der Waals surface area contributed by atoms with E-state index in [1.165, 1.54) is 0 Å². The summed E-state index contributed by atoms with van der Waals surface area (Å²) in [6.07, 6.45) is -0.810. The van der Waals surface area contributed by atoms with Crippen LogP contribution in [-0.4, -0.2) is 21.7 Å². The highest BCUT2D eigenvalue weighted by Gasteiger charge is 2.22. The summed E-state index contributed by atoms with van der Waals surface area (Å²) in [6, 6.07) is 22.1. The Kier molecular flexibility index (Phi) is 5.22. The quantitative estimate of drug-likeness (QED) is 0.404. The van der Waals surface area contributed by atoms with Gasteiger partial charge in [0.15, 0.2) is 17.7 Å². The van der Waals surface area contributed by atoms with Gasteiger partial charge < -0.3 is 9.72 Å². The standard InChI is InChI=1S/C24H18N2O4/c1-15(22-25-20-14-8-7-13-19(20)23(28)26-22)30-24(29)18-12-6-5-11-17(18)21(27)16-9-3-2-4-10-16/h2-15H,1H3,(H,25,26,28)/t15-/m1/s1. The van der Waals surface area contributed by atoms with Crippen LogP contribution in [0.15, 0.2) is 83.7 Å². The van der Waals surface area contributed by atoms with Crippen molar-refractivity contribution >= 4 is 22.7 Å². The first-order valence-electron chi connectivity index (χ1n) is 9.43. The van der Waals surface area contributed by atoms with Crippen molar-refractivity contribution in [2.24, 2.45) is 0 Å². The number of hydrogen-bond acceptors (Lipinski definition) is 5. The van der Waals surface area contributed by atoms with E-state index in [0.717, 1.165) is 0 Å². The summed E-state index contributed by atoms with van der Waals surface area (Å²) in [5.41, 5.74) is 1.09. The number of nitrogens with zero attached hydrogens (tertiary/aromatic N) is 1. The van der Waals surface area contributed by atoms with Crippen LogP contribution >= 0.6 is 0 Å². The third-order valence-electron chi connectivity index (χ3n) is 4.73. The van der Waals surface area contributed by atoms with Crippen molar-refractivity contribution in [2.75, 3.05) is 0 Å². The molecule has 148 valence electrons. The Morgan fingerprint density at radius 2 is 1.50 bits per heavy atom. The maximum atomic E-state index is 12.9. The van der Waals surface area contributed by atoms with Gasteiger partial charge in [0.2, 0.25) is 0 Å². The van der Waals surface area contributed by atoms with Crippen molar-refractivity contribution < 1.29 is 14.3 Å². The van der Waals surface area contributed by atoms with Crippen LogP contribution in [0, 0.1) is 0 Å². The van der Waals surface area contributed by atoms with Crippen LogP contribution in [0.1, 0.15) is 45.1 Å². The first-order valence-corrected chi connectivity index (χ1v) is 9.43. The second kappa shape index (κ2) is 8.13. The third-order valence-corrected chi connectivity index (χ3v) is 4.73. The number of nitrogens with one attached hydrogen (secondary N) is 1. The molecular formula is C24H18N2O4. The van der Waals surface area contributed by atoms with E-state index < -0.39 is 12.1 Å². The summed E-state index contributed by atoms with van der Waals surface area (Å²) in [4.78, 5) is 45.0. The Balaban J connectivity index is 1.62. The Morgan fingerprint density at radius 1 is 0.867 bits per heavy atom. The van der Waals surface area contributed by atoms with E-state index in [9.17, 15) is 14.4 Å². The van der Waals surface area contributed by atoms with Gasteiger partial charge >= 0.3 is 5.97 Å². The van der Waals surface area contributed by atoms with Crippen LogP contribution in [0.4, 0.5) is 0 Å². The van der Waals surface area contributed by atoms with Crippen LogP contribution < -0.4 is 5.56 Å². The molecule has 30 heavy (non-hydrogen) atoms. The molecule has 0 saturated heterocycles. The first-order chi connectivity index (χ1) is 14.5. The van der Waals surface area contributed by atoms with Crippen LogP contribution in [0.3, 0.4) is 0 Å². The highest BCUT2D eigenvalue weighted by atomic mass is 16.5. The number of benzene rings is 3. The molecule has 0 aliphatic rings.